The average molecular weight is 488 g/mol. The van der Waals surface area contributed by atoms with Crippen molar-refractivity contribution in [2.45, 2.75) is 24.2 Å². The highest BCUT2D eigenvalue weighted by atomic mass is 35.5. The molecule has 1 N–H and O–H groups in total. The molecule has 174 valence electrons. The van der Waals surface area contributed by atoms with E-state index < -0.39 is 10.0 Å². The Labute approximate surface area is 199 Å². The molecule has 0 spiro atoms. The third kappa shape index (κ3) is 5.86. The number of unbranched alkanes of at least 4 members (excludes halogenated alkanes) is 1. The summed E-state index contributed by atoms with van der Waals surface area (Å²) in [5.41, 5.74) is 1.77. The van der Waals surface area contributed by atoms with Crippen LogP contribution in [0.5, 0.6) is 11.5 Å². The lowest BCUT2D eigenvalue weighted by Crippen LogP contribution is -2.15. The zero-order valence-corrected chi connectivity index (χ0v) is 20.1. The normalized spacial score (nSPS) is 11.1. The zero-order valence-electron chi connectivity index (χ0n) is 18.5. The number of nitrogens with one attached hydrogen (secondary N) is 1. The minimum Gasteiger partial charge on any atom is -0.496 e. The van der Waals surface area contributed by atoms with Crippen LogP contribution in [0.2, 0.25) is 0 Å². The maximum atomic E-state index is 13.4. The number of Topliss-reactive ketones (excluding diaryl/α,β-unsaturated/α-hetero) is 1. The van der Waals surface area contributed by atoms with Crippen molar-refractivity contribution in [1.29, 1.82) is 0 Å². The largest absolute Gasteiger partial charge is 0.496 e. The van der Waals surface area contributed by atoms with Gasteiger partial charge in [-0.05, 0) is 30.5 Å². The van der Waals surface area contributed by atoms with Crippen molar-refractivity contribution in [3.05, 3.63) is 72.3 Å². The third-order valence-electron chi connectivity index (χ3n) is 5.12. The summed E-state index contributed by atoms with van der Waals surface area (Å²) in [5, 5.41) is 0. The Bertz CT molecular complexity index is 1210. The highest BCUT2D eigenvalue weighted by molar-refractivity contribution is 7.92. The molecule has 0 atom stereocenters. The van der Waals surface area contributed by atoms with Gasteiger partial charge in [0.05, 0.1) is 30.4 Å². The summed E-state index contributed by atoms with van der Waals surface area (Å²) in [6.07, 6.45) is 1.61. The number of carbonyl (C=O) groups is 1. The van der Waals surface area contributed by atoms with Crippen LogP contribution in [0.25, 0.3) is 11.1 Å². The number of halogens is 1. The topological polar surface area (TPSA) is 81.7 Å². The van der Waals surface area contributed by atoms with Gasteiger partial charge in [-0.1, -0.05) is 48.5 Å². The molecule has 0 aliphatic carbocycles. The Balaban J connectivity index is 2.02. The van der Waals surface area contributed by atoms with Crippen molar-refractivity contribution >= 4 is 33.1 Å². The summed E-state index contributed by atoms with van der Waals surface area (Å²) >= 11 is 5.71. The Kier molecular flexibility index (Phi) is 8.36. The van der Waals surface area contributed by atoms with E-state index in [2.05, 4.69) is 4.72 Å². The number of ether oxygens (including phenoxy) is 2. The second kappa shape index (κ2) is 11.2. The van der Waals surface area contributed by atoms with E-state index in [1.165, 1.54) is 26.4 Å². The van der Waals surface area contributed by atoms with E-state index in [1.807, 2.05) is 30.3 Å². The molecule has 0 aliphatic rings. The Hall–Kier alpha value is -3.03. The number of rotatable bonds is 11. The smallest absolute Gasteiger partial charge is 0.262 e. The SMILES string of the molecule is COc1cc(OC)c(C(=O)CCCCCl)cc1NS(=O)(=O)c1ccccc1-c1ccccc1. The molecule has 3 aromatic carbocycles. The van der Waals surface area contributed by atoms with E-state index in [0.29, 0.717) is 30.0 Å². The average Bonchev–Trinajstić information content (AvgIpc) is 2.84. The zero-order chi connectivity index (χ0) is 23.8. The fourth-order valence-corrected chi connectivity index (χ4v) is 4.95. The molecular weight excluding hydrogens is 462 g/mol. The lowest BCUT2D eigenvalue weighted by Gasteiger charge is -2.17. The molecular formula is C25H26ClNO5S. The number of ketones is 1. The van der Waals surface area contributed by atoms with Crippen molar-refractivity contribution in [3.63, 3.8) is 0 Å². The molecule has 6 nitrogen and oxygen atoms in total. The van der Waals surface area contributed by atoms with Crippen molar-refractivity contribution < 1.29 is 22.7 Å². The summed E-state index contributed by atoms with van der Waals surface area (Å²) in [6.45, 7) is 0. The Morgan fingerprint density at radius 1 is 0.909 bits per heavy atom. The molecule has 3 aromatic rings. The van der Waals surface area contributed by atoms with Gasteiger partial charge >= 0.3 is 0 Å². The first-order valence-corrected chi connectivity index (χ1v) is 12.5. The highest BCUT2D eigenvalue weighted by Gasteiger charge is 2.23. The van der Waals surface area contributed by atoms with E-state index in [9.17, 15) is 13.2 Å². The number of benzene rings is 3. The number of alkyl halides is 1. The molecule has 33 heavy (non-hydrogen) atoms. The third-order valence-corrected chi connectivity index (χ3v) is 6.81. The van der Waals surface area contributed by atoms with Crippen LogP contribution in [0, 0.1) is 0 Å². The maximum Gasteiger partial charge on any atom is 0.262 e. The number of methoxy groups -OCH3 is 2. The molecule has 8 heteroatoms. The van der Waals surface area contributed by atoms with Crippen molar-refractivity contribution in [1.82, 2.24) is 0 Å². The van der Waals surface area contributed by atoms with Gasteiger partial charge in [-0.2, -0.15) is 0 Å². The van der Waals surface area contributed by atoms with Crippen molar-refractivity contribution in [2.75, 3.05) is 24.8 Å². The van der Waals surface area contributed by atoms with Crippen LogP contribution in [0.1, 0.15) is 29.6 Å². The molecule has 0 radical (unpaired) electrons. The molecule has 0 aliphatic heterocycles. The fourth-order valence-electron chi connectivity index (χ4n) is 3.47. The van der Waals surface area contributed by atoms with Crippen LogP contribution >= 0.6 is 11.6 Å². The van der Waals surface area contributed by atoms with Crippen LogP contribution in [0.4, 0.5) is 5.69 Å². The molecule has 0 saturated carbocycles. The second-order valence-electron chi connectivity index (χ2n) is 7.29. The van der Waals surface area contributed by atoms with Crippen LogP contribution in [-0.2, 0) is 10.0 Å². The summed E-state index contributed by atoms with van der Waals surface area (Å²) in [4.78, 5) is 12.9. The van der Waals surface area contributed by atoms with Crippen LogP contribution in [-0.4, -0.2) is 34.3 Å². The first kappa shape index (κ1) is 24.6. The van der Waals surface area contributed by atoms with E-state index in [1.54, 1.807) is 24.3 Å². The standard InChI is InChI=1S/C25H26ClNO5S/c1-31-23-17-24(32-2)21(16-20(23)22(28)13-8-9-15-26)27-33(29,30)25-14-7-6-12-19(25)18-10-4-3-5-11-18/h3-7,10-12,14,16-17,27H,8-9,13,15H2,1-2H3. The molecule has 0 heterocycles. The Morgan fingerprint density at radius 2 is 1.58 bits per heavy atom. The van der Waals surface area contributed by atoms with E-state index in [4.69, 9.17) is 21.1 Å². The van der Waals surface area contributed by atoms with Gasteiger partial charge in [-0.25, -0.2) is 8.42 Å². The van der Waals surface area contributed by atoms with Gasteiger partial charge in [-0.15, -0.1) is 11.6 Å². The predicted molar refractivity (Wildman–Crippen MR) is 131 cm³/mol. The predicted octanol–water partition coefficient (Wildman–Crippen LogP) is 5.76. The molecule has 0 saturated heterocycles. The highest BCUT2D eigenvalue weighted by Crippen LogP contribution is 2.36. The summed E-state index contributed by atoms with van der Waals surface area (Å²) in [7, 11) is -1.14. The van der Waals surface area contributed by atoms with Crippen LogP contribution in [0.3, 0.4) is 0 Å². The van der Waals surface area contributed by atoms with E-state index in [-0.39, 0.29) is 34.1 Å². The summed E-state index contributed by atoms with van der Waals surface area (Å²) < 4.78 is 40.2. The van der Waals surface area contributed by atoms with Crippen molar-refractivity contribution in [2.24, 2.45) is 0 Å². The van der Waals surface area contributed by atoms with Gasteiger partial charge in [0.25, 0.3) is 10.0 Å². The minimum atomic E-state index is -4.01. The number of carbonyl (C=O) groups excluding carboxylic acids is 1. The summed E-state index contributed by atoms with van der Waals surface area (Å²) in [5.74, 6) is 0.865. The van der Waals surface area contributed by atoms with Gasteiger partial charge in [0.1, 0.15) is 11.5 Å². The van der Waals surface area contributed by atoms with Gasteiger partial charge in [-0.3, -0.25) is 9.52 Å². The lowest BCUT2D eigenvalue weighted by molar-refractivity contribution is 0.0977. The molecule has 0 fully saturated rings. The van der Waals surface area contributed by atoms with Gasteiger partial charge < -0.3 is 9.47 Å². The van der Waals surface area contributed by atoms with Gasteiger partial charge in [0, 0.05) is 23.9 Å². The lowest BCUT2D eigenvalue weighted by atomic mass is 10.0. The fraction of sp³-hybridized carbons (Fsp3) is 0.240. The molecule has 0 aromatic heterocycles. The first-order valence-electron chi connectivity index (χ1n) is 10.4. The van der Waals surface area contributed by atoms with Crippen LogP contribution < -0.4 is 14.2 Å². The maximum absolute atomic E-state index is 13.4. The molecule has 0 amide bonds. The quantitative estimate of drug-likeness (QED) is 0.211. The van der Waals surface area contributed by atoms with Gasteiger partial charge in [0.15, 0.2) is 5.78 Å². The first-order chi connectivity index (χ1) is 15.9. The molecule has 0 bridgehead atoms. The van der Waals surface area contributed by atoms with E-state index in [0.717, 1.165) is 5.56 Å². The van der Waals surface area contributed by atoms with Crippen LogP contribution in [0.15, 0.2) is 71.6 Å². The summed E-state index contributed by atoms with van der Waals surface area (Å²) in [6, 6.07) is 19.0. The Morgan fingerprint density at radius 3 is 2.24 bits per heavy atom. The number of anilines is 1. The number of hydrogen-bond donors (Lipinski definition) is 1. The number of sulfonamides is 1. The molecule has 0 unspecified atom stereocenters. The monoisotopic (exact) mass is 487 g/mol. The minimum absolute atomic E-state index is 0.115. The van der Waals surface area contributed by atoms with Crippen molar-refractivity contribution in [3.8, 4) is 22.6 Å². The molecule has 3 rings (SSSR count). The number of hydrogen-bond acceptors (Lipinski definition) is 5. The van der Waals surface area contributed by atoms with E-state index >= 15 is 0 Å². The van der Waals surface area contributed by atoms with Gasteiger partial charge in [0.2, 0.25) is 0 Å². The second-order valence-corrected chi connectivity index (χ2v) is 9.32.